The van der Waals surface area contributed by atoms with E-state index in [9.17, 15) is 4.79 Å². The molecule has 0 radical (unpaired) electrons. The molecule has 0 saturated carbocycles. The highest BCUT2D eigenvalue weighted by Crippen LogP contribution is 2.24. The zero-order valence-corrected chi connectivity index (χ0v) is 15.0. The van der Waals surface area contributed by atoms with E-state index >= 15 is 0 Å². The number of H-pyrrole nitrogens is 1. The minimum atomic E-state index is -0.127. The van der Waals surface area contributed by atoms with Gasteiger partial charge in [0.15, 0.2) is 0 Å². The molecule has 0 saturated heterocycles. The Morgan fingerprint density at radius 1 is 1.32 bits per heavy atom. The normalized spacial score (nSPS) is 12.2. The van der Waals surface area contributed by atoms with Crippen molar-refractivity contribution in [1.82, 2.24) is 25.1 Å². The summed E-state index contributed by atoms with van der Waals surface area (Å²) in [6, 6.07) is 7.34. The van der Waals surface area contributed by atoms with Crippen molar-refractivity contribution in [3.8, 4) is 11.4 Å². The lowest BCUT2D eigenvalue weighted by Gasteiger charge is -2.16. The van der Waals surface area contributed by atoms with Gasteiger partial charge in [0.05, 0.1) is 17.3 Å². The Morgan fingerprint density at radius 3 is 2.72 bits per heavy atom. The lowest BCUT2D eigenvalue weighted by molar-refractivity contribution is 0.0940. The second-order valence-corrected chi connectivity index (χ2v) is 6.08. The fourth-order valence-electron chi connectivity index (χ4n) is 3.29. The molecular formula is C19H23N5O. The average molecular weight is 337 g/mol. The van der Waals surface area contributed by atoms with Crippen molar-refractivity contribution in [1.29, 1.82) is 0 Å². The summed E-state index contributed by atoms with van der Waals surface area (Å²) < 4.78 is 1.96. The van der Waals surface area contributed by atoms with Crippen molar-refractivity contribution in [3.63, 3.8) is 0 Å². The standard InChI is InChI=1S/C19H23N5O/c1-5-24-14(4)17(13(3)23-24)12(2)22-19(25)16-9-7-6-8-15(16)18-20-10-11-21-18/h6-12H,5H2,1-4H3,(H,20,21)(H,22,25). The van der Waals surface area contributed by atoms with Crippen molar-refractivity contribution < 1.29 is 4.79 Å². The number of nitrogens with zero attached hydrogens (tertiary/aromatic N) is 3. The summed E-state index contributed by atoms with van der Waals surface area (Å²) in [5.74, 6) is 0.562. The molecule has 0 spiro atoms. The van der Waals surface area contributed by atoms with Gasteiger partial charge in [-0.1, -0.05) is 18.2 Å². The third-order valence-electron chi connectivity index (χ3n) is 4.44. The first kappa shape index (κ1) is 17.0. The van der Waals surface area contributed by atoms with E-state index < -0.39 is 0 Å². The molecule has 130 valence electrons. The molecule has 6 nitrogen and oxygen atoms in total. The van der Waals surface area contributed by atoms with Gasteiger partial charge in [0, 0.05) is 35.8 Å². The van der Waals surface area contributed by atoms with Crippen LogP contribution in [0.15, 0.2) is 36.7 Å². The highest BCUT2D eigenvalue weighted by Gasteiger charge is 2.21. The van der Waals surface area contributed by atoms with Crippen LogP contribution in [0.25, 0.3) is 11.4 Å². The van der Waals surface area contributed by atoms with Gasteiger partial charge < -0.3 is 10.3 Å². The van der Waals surface area contributed by atoms with E-state index in [4.69, 9.17) is 0 Å². The van der Waals surface area contributed by atoms with Crippen molar-refractivity contribution in [2.45, 2.75) is 40.3 Å². The maximum Gasteiger partial charge on any atom is 0.252 e. The van der Waals surface area contributed by atoms with E-state index in [1.54, 1.807) is 12.4 Å². The molecule has 6 heteroatoms. The molecule has 2 N–H and O–H groups in total. The Labute approximate surface area is 147 Å². The SMILES string of the molecule is CCn1nc(C)c(C(C)NC(=O)c2ccccc2-c2ncc[nH]2)c1C. The lowest BCUT2D eigenvalue weighted by atomic mass is 10.0. The fourth-order valence-corrected chi connectivity index (χ4v) is 3.29. The molecule has 2 heterocycles. The number of nitrogens with one attached hydrogen (secondary N) is 2. The molecule has 25 heavy (non-hydrogen) atoms. The first-order valence-corrected chi connectivity index (χ1v) is 8.46. The van der Waals surface area contributed by atoms with Gasteiger partial charge >= 0.3 is 0 Å². The number of carbonyl (C=O) groups is 1. The number of hydrogen-bond acceptors (Lipinski definition) is 3. The van der Waals surface area contributed by atoms with E-state index in [1.807, 2.05) is 49.7 Å². The average Bonchev–Trinajstić information content (AvgIpc) is 3.22. The largest absolute Gasteiger partial charge is 0.345 e. The van der Waals surface area contributed by atoms with Crippen molar-refractivity contribution >= 4 is 5.91 Å². The van der Waals surface area contributed by atoms with E-state index in [1.165, 1.54) is 0 Å². The van der Waals surface area contributed by atoms with Gasteiger partial charge in [-0.2, -0.15) is 5.10 Å². The van der Waals surface area contributed by atoms with Gasteiger partial charge in [0.1, 0.15) is 5.82 Å². The van der Waals surface area contributed by atoms with Gasteiger partial charge in [-0.3, -0.25) is 9.48 Å². The molecule has 0 bridgehead atoms. The van der Waals surface area contributed by atoms with Crippen molar-refractivity contribution in [2.24, 2.45) is 0 Å². The van der Waals surface area contributed by atoms with E-state index in [-0.39, 0.29) is 11.9 Å². The molecule has 0 aliphatic rings. The Morgan fingerprint density at radius 2 is 2.08 bits per heavy atom. The van der Waals surface area contributed by atoms with Crippen LogP contribution in [0.2, 0.25) is 0 Å². The van der Waals surface area contributed by atoms with E-state index in [2.05, 4.69) is 27.3 Å². The smallest absolute Gasteiger partial charge is 0.252 e. The number of aromatic nitrogens is 4. The maximum atomic E-state index is 12.9. The number of hydrogen-bond donors (Lipinski definition) is 2. The maximum absolute atomic E-state index is 12.9. The molecule has 0 aliphatic heterocycles. The second kappa shape index (κ2) is 6.93. The van der Waals surface area contributed by atoms with Crippen LogP contribution in [0.4, 0.5) is 0 Å². The number of benzene rings is 1. The molecule has 0 aliphatic carbocycles. The highest BCUT2D eigenvalue weighted by atomic mass is 16.1. The van der Waals surface area contributed by atoms with Gasteiger partial charge in [0.25, 0.3) is 5.91 Å². The molecule has 3 rings (SSSR count). The number of aromatic amines is 1. The quantitative estimate of drug-likeness (QED) is 0.749. The zero-order valence-electron chi connectivity index (χ0n) is 15.0. The van der Waals surface area contributed by atoms with Crippen LogP contribution in [0.3, 0.4) is 0 Å². The van der Waals surface area contributed by atoms with Crippen LogP contribution in [0.1, 0.15) is 47.2 Å². The van der Waals surface area contributed by atoms with Gasteiger partial charge in [-0.05, 0) is 33.8 Å². The number of rotatable bonds is 5. The monoisotopic (exact) mass is 337 g/mol. The van der Waals surface area contributed by atoms with Crippen molar-refractivity contribution in [3.05, 3.63) is 59.2 Å². The molecule has 1 aromatic carbocycles. The van der Waals surface area contributed by atoms with E-state index in [0.29, 0.717) is 11.4 Å². The summed E-state index contributed by atoms with van der Waals surface area (Å²) in [4.78, 5) is 20.2. The predicted molar refractivity (Wildman–Crippen MR) is 97.3 cm³/mol. The summed E-state index contributed by atoms with van der Waals surface area (Å²) in [6.45, 7) is 8.89. The molecule has 2 aromatic heterocycles. The summed E-state index contributed by atoms with van der Waals surface area (Å²) in [5.41, 5.74) is 4.50. The van der Waals surface area contributed by atoms with Gasteiger partial charge in [-0.25, -0.2) is 4.98 Å². The molecule has 1 unspecified atom stereocenters. The zero-order chi connectivity index (χ0) is 18.0. The summed E-state index contributed by atoms with van der Waals surface area (Å²) in [7, 11) is 0. The Kier molecular flexibility index (Phi) is 4.70. The fraction of sp³-hybridized carbons (Fsp3) is 0.316. The first-order valence-electron chi connectivity index (χ1n) is 8.46. The van der Waals surface area contributed by atoms with Crippen LogP contribution in [-0.4, -0.2) is 25.7 Å². The predicted octanol–water partition coefficient (Wildman–Crippen LogP) is 3.40. The summed E-state index contributed by atoms with van der Waals surface area (Å²) >= 11 is 0. The Bertz CT molecular complexity index is 879. The summed E-state index contributed by atoms with van der Waals surface area (Å²) in [6.07, 6.45) is 3.43. The highest BCUT2D eigenvalue weighted by molar-refractivity contribution is 6.00. The molecule has 1 amide bonds. The van der Waals surface area contributed by atoms with Crippen LogP contribution < -0.4 is 5.32 Å². The molecule has 1 atom stereocenters. The second-order valence-electron chi connectivity index (χ2n) is 6.08. The van der Waals surface area contributed by atoms with Gasteiger partial charge in [-0.15, -0.1) is 0 Å². The van der Waals surface area contributed by atoms with Crippen LogP contribution in [0.5, 0.6) is 0 Å². The topological polar surface area (TPSA) is 75.6 Å². The van der Waals surface area contributed by atoms with Crippen LogP contribution in [0, 0.1) is 13.8 Å². The Hall–Kier alpha value is -2.89. The summed E-state index contributed by atoms with van der Waals surface area (Å²) in [5, 5.41) is 7.64. The molecule has 3 aromatic rings. The van der Waals surface area contributed by atoms with Crippen LogP contribution in [-0.2, 0) is 6.54 Å². The van der Waals surface area contributed by atoms with Crippen molar-refractivity contribution in [2.75, 3.05) is 0 Å². The number of amides is 1. The third-order valence-corrected chi connectivity index (χ3v) is 4.44. The first-order chi connectivity index (χ1) is 12.0. The van der Waals surface area contributed by atoms with Gasteiger partial charge in [0.2, 0.25) is 0 Å². The van der Waals surface area contributed by atoms with E-state index in [0.717, 1.165) is 29.1 Å². The Balaban J connectivity index is 1.88. The number of carbonyl (C=O) groups excluding carboxylic acids is 1. The third kappa shape index (κ3) is 3.20. The minimum absolute atomic E-state index is 0.123. The lowest BCUT2D eigenvalue weighted by Crippen LogP contribution is -2.28. The van der Waals surface area contributed by atoms with Crippen LogP contribution >= 0.6 is 0 Å². The number of imidazole rings is 1. The molecular weight excluding hydrogens is 314 g/mol. The number of aryl methyl sites for hydroxylation is 2. The minimum Gasteiger partial charge on any atom is -0.345 e. The molecule has 0 fully saturated rings.